The molecule has 1 atom stereocenters. The van der Waals surface area contributed by atoms with Crippen LogP contribution in [0.5, 0.6) is 0 Å². The Morgan fingerprint density at radius 3 is 2.75 bits per heavy atom. The SMILES string of the molecule is O=CCN1CCc2c(c(-c3ccc(F)cc3)nn2[C@H]2CCc3ccccc32)C1. The van der Waals surface area contributed by atoms with Crippen LogP contribution < -0.4 is 0 Å². The lowest BCUT2D eigenvalue weighted by Crippen LogP contribution is -2.33. The summed E-state index contributed by atoms with van der Waals surface area (Å²) in [6.07, 6.45) is 3.95. The highest BCUT2D eigenvalue weighted by Gasteiger charge is 2.31. The summed E-state index contributed by atoms with van der Waals surface area (Å²) in [6.45, 7) is 1.99. The normalized spacial score (nSPS) is 18.7. The molecular formula is C23H22FN3O. The number of carbonyl (C=O) groups is 1. The molecular weight excluding hydrogens is 353 g/mol. The first-order valence-corrected chi connectivity index (χ1v) is 9.84. The van der Waals surface area contributed by atoms with Gasteiger partial charge in [0.05, 0.1) is 18.3 Å². The Bertz CT molecular complexity index is 1020. The highest BCUT2D eigenvalue weighted by molar-refractivity contribution is 5.65. The van der Waals surface area contributed by atoms with Crippen LogP contribution in [-0.4, -0.2) is 34.1 Å². The predicted octanol–water partition coefficient (Wildman–Crippen LogP) is 3.78. The van der Waals surface area contributed by atoms with Gasteiger partial charge in [-0.2, -0.15) is 5.10 Å². The van der Waals surface area contributed by atoms with Gasteiger partial charge in [-0.25, -0.2) is 4.39 Å². The van der Waals surface area contributed by atoms with Gasteiger partial charge in [-0.15, -0.1) is 0 Å². The minimum atomic E-state index is -0.246. The second-order valence-corrected chi connectivity index (χ2v) is 7.63. The van der Waals surface area contributed by atoms with Crippen LogP contribution in [0.4, 0.5) is 4.39 Å². The summed E-state index contributed by atoms with van der Waals surface area (Å²) in [4.78, 5) is 13.2. The number of rotatable bonds is 4. The van der Waals surface area contributed by atoms with Gasteiger partial charge in [-0.3, -0.25) is 9.58 Å². The molecule has 2 aliphatic rings. The van der Waals surface area contributed by atoms with Crippen LogP contribution in [0.25, 0.3) is 11.3 Å². The Kier molecular flexibility index (Phi) is 4.32. The molecule has 0 spiro atoms. The number of nitrogens with zero attached hydrogens (tertiary/aromatic N) is 3. The van der Waals surface area contributed by atoms with Gasteiger partial charge in [0.25, 0.3) is 0 Å². The largest absolute Gasteiger partial charge is 0.302 e. The highest BCUT2D eigenvalue weighted by atomic mass is 19.1. The van der Waals surface area contributed by atoms with E-state index in [1.54, 1.807) is 12.1 Å². The molecule has 0 unspecified atom stereocenters. The molecule has 1 aliphatic carbocycles. The molecule has 0 saturated carbocycles. The smallest absolute Gasteiger partial charge is 0.133 e. The van der Waals surface area contributed by atoms with Crippen molar-refractivity contribution >= 4 is 6.29 Å². The van der Waals surface area contributed by atoms with Crippen LogP contribution >= 0.6 is 0 Å². The maximum atomic E-state index is 13.4. The molecule has 0 amide bonds. The van der Waals surface area contributed by atoms with Crippen molar-refractivity contribution in [2.75, 3.05) is 13.1 Å². The predicted molar refractivity (Wildman–Crippen MR) is 106 cm³/mol. The van der Waals surface area contributed by atoms with E-state index in [1.165, 1.54) is 34.5 Å². The van der Waals surface area contributed by atoms with Crippen LogP contribution in [0, 0.1) is 5.82 Å². The van der Waals surface area contributed by atoms with Crippen LogP contribution in [0.15, 0.2) is 48.5 Å². The van der Waals surface area contributed by atoms with Gasteiger partial charge >= 0.3 is 0 Å². The van der Waals surface area contributed by atoms with Crippen molar-refractivity contribution in [2.45, 2.75) is 31.8 Å². The molecule has 4 nitrogen and oxygen atoms in total. The Morgan fingerprint density at radius 2 is 1.93 bits per heavy atom. The summed E-state index contributed by atoms with van der Waals surface area (Å²) in [5.74, 6) is -0.246. The topological polar surface area (TPSA) is 38.1 Å². The van der Waals surface area contributed by atoms with E-state index in [1.807, 2.05) is 0 Å². The van der Waals surface area contributed by atoms with Gasteiger partial charge in [0.1, 0.15) is 12.1 Å². The number of benzene rings is 2. The fraction of sp³-hybridized carbons (Fsp3) is 0.304. The second kappa shape index (κ2) is 6.99. The number of halogens is 1. The summed E-state index contributed by atoms with van der Waals surface area (Å²) >= 11 is 0. The second-order valence-electron chi connectivity index (χ2n) is 7.63. The van der Waals surface area contributed by atoms with Gasteiger partial charge in [0.2, 0.25) is 0 Å². The average molecular weight is 375 g/mol. The van der Waals surface area contributed by atoms with Gasteiger partial charge in [-0.05, 0) is 48.2 Å². The van der Waals surface area contributed by atoms with E-state index in [9.17, 15) is 9.18 Å². The van der Waals surface area contributed by atoms with Gasteiger partial charge < -0.3 is 4.79 Å². The third-order valence-electron chi connectivity index (χ3n) is 6.01. The maximum Gasteiger partial charge on any atom is 0.133 e. The van der Waals surface area contributed by atoms with Crippen molar-refractivity contribution in [1.29, 1.82) is 0 Å². The molecule has 5 rings (SSSR count). The first-order chi connectivity index (χ1) is 13.7. The summed E-state index contributed by atoms with van der Waals surface area (Å²) in [6, 6.07) is 15.4. The van der Waals surface area contributed by atoms with Gasteiger partial charge in [0.15, 0.2) is 0 Å². The zero-order chi connectivity index (χ0) is 19.1. The van der Waals surface area contributed by atoms with Gasteiger partial charge in [0, 0.05) is 36.3 Å². The Balaban J connectivity index is 1.62. The van der Waals surface area contributed by atoms with E-state index < -0.39 is 0 Å². The molecule has 3 aromatic rings. The van der Waals surface area contributed by atoms with Crippen molar-refractivity contribution in [1.82, 2.24) is 14.7 Å². The lowest BCUT2D eigenvalue weighted by molar-refractivity contribution is -0.109. The van der Waals surface area contributed by atoms with Crippen LogP contribution in [0.3, 0.4) is 0 Å². The molecule has 0 saturated heterocycles. The number of aldehydes is 1. The minimum Gasteiger partial charge on any atom is -0.302 e. The lowest BCUT2D eigenvalue weighted by Gasteiger charge is -2.27. The van der Waals surface area contributed by atoms with Crippen molar-refractivity contribution < 1.29 is 9.18 Å². The van der Waals surface area contributed by atoms with E-state index in [4.69, 9.17) is 5.10 Å². The summed E-state index contributed by atoms with van der Waals surface area (Å²) in [5, 5.41) is 5.05. The molecule has 0 radical (unpaired) electrons. The van der Waals surface area contributed by atoms with E-state index in [2.05, 4.69) is 33.8 Å². The first kappa shape index (κ1) is 17.3. The summed E-state index contributed by atoms with van der Waals surface area (Å²) < 4.78 is 15.7. The van der Waals surface area contributed by atoms with E-state index >= 15 is 0 Å². The molecule has 28 heavy (non-hydrogen) atoms. The Labute approximate surface area is 163 Å². The van der Waals surface area contributed by atoms with Crippen molar-refractivity contribution in [3.8, 4) is 11.3 Å². The van der Waals surface area contributed by atoms with Crippen molar-refractivity contribution in [2.24, 2.45) is 0 Å². The fourth-order valence-electron chi connectivity index (χ4n) is 4.65. The third-order valence-corrected chi connectivity index (χ3v) is 6.01. The molecule has 2 heterocycles. The highest BCUT2D eigenvalue weighted by Crippen LogP contribution is 2.38. The molecule has 142 valence electrons. The first-order valence-electron chi connectivity index (χ1n) is 9.84. The van der Waals surface area contributed by atoms with E-state index in [-0.39, 0.29) is 11.9 Å². The number of carbonyl (C=O) groups excluding carboxylic acids is 1. The van der Waals surface area contributed by atoms with Gasteiger partial charge in [-0.1, -0.05) is 24.3 Å². The van der Waals surface area contributed by atoms with E-state index in [0.29, 0.717) is 13.1 Å². The van der Waals surface area contributed by atoms with Crippen LogP contribution in [0.1, 0.15) is 34.8 Å². The maximum absolute atomic E-state index is 13.4. The number of hydrogen-bond donors (Lipinski definition) is 0. The Hall–Kier alpha value is -2.79. The molecule has 5 heteroatoms. The molecule has 0 fully saturated rings. The molecule has 0 N–H and O–H groups in total. The lowest BCUT2D eigenvalue weighted by atomic mass is 10.00. The molecule has 1 aliphatic heterocycles. The molecule has 2 aromatic carbocycles. The fourth-order valence-corrected chi connectivity index (χ4v) is 4.65. The van der Waals surface area contributed by atoms with Crippen molar-refractivity contribution in [3.63, 3.8) is 0 Å². The third kappa shape index (κ3) is 2.87. The summed E-state index contributed by atoms with van der Waals surface area (Å²) in [7, 11) is 0. The number of aryl methyl sites for hydroxylation is 1. The zero-order valence-corrected chi connectivity index (χ0v) is 15.6. The minimum absolute atomic E-state index is 0.246. The monoisotopic (exact) mass is 375 g/mol. The number of hydrogen-bond acceptors (Lipinski definition) is 3. The van der Waals surface area contributed by atoms with E-state index in [0.717, 1.165) is 43.4 Å². The molecule has 0 bridgehead atoms. The quantitative estimate of drug-likeness (QED) is 0.652. The average Bonchev–Trinajstić information content (AvgIpc) is 3.30. The number of fused-ring (bicyclic) bond motifs is 2. The zero-order valence-electron chi connectivity index (χ0n) is 15.6. The van der Waals surface area contributed by atoms with Crippen LogP contribution in [-0.2, 0) is 24.2 Å². The standard InChI is InChI=1S/C23H22FN3O/c24-18-8-5-17(6-9-18)23-20-15-26(13-14-28)12-11-22(20)27(25-23)21-10-7-16-3-1-2-4-19(16)21/h1-6,8-9,14,21H,7,10-13,15H2/t21-/m0/s1. The van der Waals surface area contributed by atoms with Crippen LogP contribution in [0.2, 0.25) is 0 Å². The molecule has 1 aromatic heterocycles. The number of aromatic nitrogens is 2. The Morgan fingerprint density at radius 1 is 1.11 bits per heavy atom. The van der Waals surface area contributed by atoms with Crippen molar-refractivity contribution in [3.05, 3.63) is 76.7 Å². The summed E-state index contributed by atoms with van der Waals surface area (Å²) in [5.41, 5.74) is 7.02.